The molecular formula is C11H10BrFN2O2. The minimum atomic E-state index is -0.603. The van der Waals surface area contributed by atoms with Crippen LogP contribution in [0.4, 0.5) is 10.1 Å². The number of nitriles is 1. The number of ether oxygens (including phenoxy) is 1. The van der Waals surface area contributed by atoms with Gasteiger partial charge in [0.05, 0.1) is 22.3 Å². The third kappa shape index (κ3) is 3.43. The van der Waals surface area contributed by atoms with E-state index < -0.39 is 11.8 Å². The topological polar surface area (TPSA) is 62.1 Å². The molecule has 0 saturated carbocycles. The quantitative estimate of drug-likeness (QED) is 0.868. The predicted molar refractivity (Wildman–Crippen MR) is 63.9 cm³/mol. The smallest absolute Gasteiger partial charge is 0.325 e. The summed E-state index contributed by atoms with van der Waals surface area (Å²) in [5.74, 6) is -1.07. The second kappa shape index (κ2) is 6.21. The van der Waals surface area contributed by atoms with Crippen LogP contribution in [0.2, 0.25) is 0 Å². The summed E-state index contributed by atoms with van der Waals surface area (Å²) in [4.78, 5) is 11.1. The molecule has 0 unspecified atom stereocenters. The highest BCUT2D eigenvalue weighted by Gasteiger charge is 2.11. The molecule has 0 radical (unpaired) electrons. The third-order valence-corrected chi connectivity index (χ3v) is 2.71. The van der Waals surface area contributed by atoms with Gasteiger partial charge >= 0.3 is 5.97 Å². The summed E-state index contributed by atoms with van der Waals surface area (Å²) in [6.45, 7) is 1.85. The molecular weight excluding hydrogens is 291 g/mol. The summed E-state index contributed by atoms with van der Waals surface area (Å²) in [5.41, 5.74) is 0.341. The third-order valence-electron chi connectivity index (χ3n) is 1.93. The van der Waals surface area contributed by atoms with Crippen molar-refractivity contribution in [1.82, 2.24) is 0 Å². The van der Waals surface area contributed by atoms with E-state index >= 15 is 0 Å². The van der Waals surface area contributed by atoms with Crippen LogP contribution < -0.4 is 5.32 Å². The molecule has 0 saturated heterocycles. The second-order valence-corrected chi connectivity index (χ2v) is 3.85. The molecule has 0 amide bonds. The maximum Gasteiger partial charge on any atom is 0.325 e. The van der Waals surface area contributed by atoms with Crippen LogP contribution >= 0.6 is 15.9 Å². The number of esters is 1. The second-order valence-electron chi connectivity index (χ2n) is 3.06. The van der Waals surface area contributed by atoms with E-state index in [1.807, 2.05) is 6.07 Å². The van der Waals surface area contributed by atoms with E-state index in [9.17, 15) is 9.18 Å². The average molecular weight is 301 g/mol. The highest BCUT2D eigenvalue weighted by atomic mass is 79.9. The van der Waals surface area contributed by atoms with Gasteiger partial charge in [0.15, 0.2) is 5.82 Å². The molecule has 0 spiro atoms. The molecule has 0 aliphatic heterocycles. The molecule has 0 atom stereocenters. The van der Waals surface area contributed by atoms with Crippen molar-refractivity contribution < 1.29 is 13.9 Å². The average Bonchev–Trinajstić information content (AvgIpc) is 2.31. The first-order valence-corrected chi connectivity index (χ1v) is 5.67. The number of nitrogens with one attached hydrogen (secondary N) is 1. The molecule has 0 aromatic heterocycles. The number of benzene rings is 1. The van der Waals surface area contributed by atoms with Gasteiger partial charge in [-0.05, 0) is 35.0 Å². The number of nitrogens with zero attached hydrogens (tertiary/aromatic N) is 1. The zero-order valence-corrected chi connectivity index (χ0v) is 10.7. The van der Waals surface area contributed by atoms with Gasteiger partial charge in [0.25, 0.3) is 0 Å². The Morgan fingerprint density at radius 1 is 1.65 bits per heavy atom. The molecule has 0 aliphatic carbocycles. The van der Waals surface area contributed by atoms with Crippen molar-refractivity contribution in [1.29, 1.82) is 5.26 Å². The van der Waals surface area contributed by atoms with Crippen LogP contribution in [-0.4, -0.2) is 19.1 Å². The Bertz CT molecular complexity index is 471. The lowest BCUT2D eigenvalue weighted by molar-refractivity contribution is -0.140. The summed E-state index contributed by atoms with van der Waals surface area (Å²) in [6, 6.07) is 4.70. The SMILES string of the molecule is CCOC(=O)CNc1ccc(C#N)c(Br)c1F. The number of carbonyl (C=O) groups excluding carboxylic acids is 1. The van der Waals surface area contributed by atoms with Gasteiger partial charge in [0.2, 0.25) is 0 Å². The fourth-order valence-electron chi connectivity index (χ4n) is 1.15. The van der Waals surface area contributed by atoms with Gasteiger partial charge in [-0.15, -0.1) is 0 Å². The number of carbonyl (C=O) groups is 1. The summed E-state index contributed by atoms with van der Waals surface area (Å²) in [7, 11) is 0. The summed E-state index contributed by atoms with van der Waals surface area (Å²) < 4.78 is 18.4. The summed E-state index contributed by atoms with van der Waals surface area (Å²) >= 11 is 2.98. The molecule has 1 rings (SSSR count). The molecule has 6 heteroatoms. The van der Waals surface area contributed by atoms with Crippen LogP contribution in [0.5, 0.6) is 0 Å². The largest absolute Gasteiger partial charge is 0.465 e. The fourth-order valence-corrected chi connectivity index (χ4v) is 1.59. The Labute approximate surface area is 107 Å². The van der Waals surface area contributed by atoms with Crippen molar-refractivity contribution >= 4 is 27.6 Å². The number of hydrogen-bond donors (Lipinski definition) is 1. The van der Waals surface area contributed by atoms with Crippen molar-refractivity contribution in [2.45, 2.75) is 6.92 Å². The van der Waals surface area contributed by atoms with Crippen molar-refractivity contribution in [2.75, 3.05) is 18.5 Å². The Kier molecular flexibility index (Phi) is 4.91. The molecule has 0 fully saturated rings. The predicted octanol–water partition coefficient (Wildman–Crippen LogP) is 2.43. The lowest BCUT2D eigenvalue weighted by Gasteiger charge is -2.08. The Hall–Kier alpha value is -1.61. The van der Waals surface area contributed by atoms with E-state index in [2.05, 4.69) is 21.2 Å². The maximum atomic E-state index is 13.7. The zero-order chi connectivity index (χ0) is 12.8. The van der Waals surface area contributed by atoms with Crippen molar-refractivity contribution in [3.63, 3.8) is 0 Å². The first-order valence-electron chi connectivity index (χ1n) is 4.87. The van der Waals surface area contributed by atoms with E-state index in [1.54, 1.807) is 6.92 Å². The van der Waals surface area contributed by atoms with Gasteiger partial charge < -0.3 is 10.1 Å². The van der Waals surface area contributed by atoms with Gasteiger partial charge in [-0.1, -0.05) is 0 Å². The lowest BCUT2D eigenvalue weighted by Crippen LogP contribution is -2.17. The highest BCUT2D eigenvalue weighted by Crippen LogP contribution is 2.26. The van der Waals surface area contributed by atoms with Crippen molar-refractivity contribution in [3.05, 3.63) is 28.0 Å². The summed E-state index contributed by atoms with van der Waals surface area (Å²) in [5, 5.41) is 11.3. The van der Waals surface area contributed by atoms with E-state index in [0.29, 0.717) is 0 Å². The van der Waals surface area contributed by atoms with Crippen LogP contribution in [0.1, 0.15) is 12.5 Å². The molecule has 4 nitrogen and oxygen atoms in total. The van der Waals surface area contributed by atoms with Gasteiger partial charge in [-0.2, -0.15) is 5.26 Å². The van der Waals surface area contributed by atoms with Gasteiger partial charge in [0, 0.05) is 0 Å². The maximum absolute atomic E-state index is 13.7. The fraction of sp³-hybridized carbons (Fsp3) is 0.273. The Morgan fingerprint density at radius 2 is 2.35 bits per heavy atom. The molecule has 1 aromatic rings. The monoisotopic (exact) mass is 300 g/mol. The number of rotatable bonds is 4. The van der Waals surface area contributed by atoms with Crippen LogP contribution in [0.3, 0.4) is 0 Å². The molecule has 90 valence electrons. The van der Waals surface area contributed by atoms with Crippen LogP contribution in [-0.2, 0) is 9.53 Å². The Balaban J connectivity index is 2.77. The van der Waals surface area contributed by atoms with E-state index in [1.165, 1.54) is 12.1 Å². The minimum Gasteiger partial charge on any atom is -0.465 e. The van der Waals surface area contributed by atoms with Crippen LogP contribution in [0, 0.1) is 17.1 Å². The first kappa shape index (κ1) is 13.5. The summed E-state index contributed by atoms with van der Waals surface area (Å²) in [6.07, 6.45) is 0. The lowest BCUT2D eigenvalue weighted by atomic mass is 10.2. The minimum absolute atomic E-state index is 0.0776. The first-order chi connectivity index (χ1) is 8.10. The molecule has 0 heterocycles. The van der Waals surface area contributed by atoms with Crippen molar-refractivity contribution in [3.8, 4) is 6.07 Å². The highest BCUT2D eigenvalue weighted by molar-refractivity contribution is 9.10. The zero-order valence-electron chi connectivity index (χ0n) is 9.09. The van der Waals surface area contributed by atoms with Gasteiger partial charge in [-0.3, -0.25) is 4.79 Å². The Morgan fingerprint density at radius 3 is 2.94 bits per heavy atom. The number of halogens is 2. The number of hydrogen-bond acceptors (Lipinski definition) is 4. The molecule has 0 bridgehead atoms. The van der Waals surface area contributed by atoms with Crippen LogP contribution in [0.15, 0.2) is 16.6 Å². The van der Waals surface area contributed by atoms with Crippen molar-refractivity contribution in [2.24, 2.45) is 0 Å². The molecule has 1 aromatic carbocycles. The van der Waals surface area contributed by atoms with Gasteiger partial charge in [0.1, 0.15) is 12.6 Å². The van der Waals surface area contributed by atoms with E-state index in [4.69, 9.17) is 10.00 Å². The van der Waals surface area contributed by atoms with Crippen LogP contribution in [0.25, 0.3) is 0 Å². The molecule has 1 N–H and O–H groups in total. The molecule has 0 aliphatic rings. The number of anilines is 1. The standard InChI is InChI=1S/C11H10BrFN2O2/c1-2-17-9(16)6-15-8-4-3-7(5-14)10(12)11(8)13/h3-4,15H,2,6H2,1H3. The van der Waals surface area contributed by atoms with E-state index in [0.717, 1.165) is 0 Å². The van der Waals surface area contributed by atoms with Gasteiger partial charge in [-0.25, -0.2) is 4.39 Å². The van der Waals surface area contributed by atoms with E-state index in [-0.39, 0.29) is 28.9 Å². The normalized spacial score (nSPS) is 9.53. The molecule has 17 heavy (non-hydrogen) atoms.